The second kappa shape index (κ2) is 13.0. The van der Waals surface area contributed by atoms with E-state index in [-0.39, 0.29) is 0 Å². The maximum absolute atomic E-state index is 3.85. The number of hydrogen-bond acceptors (Lipinski definition) is 2. The lowest BCUT2D eigenvalue weighted by Gasteiger charge is -2.16. The predicted octanol–water partition coefficient (Wildman–Crippen LogP) is 7.49. The molecule has 26 heavy (non-hydrogen) atoms. The smallest absolute Gasteiger partial charge is 0.0175 e. The van der Waals surface area contributed by atoms with Gasteiger partial charge in [0.1, 0.15) is 0 Å². The SMILES string of the molecule is C=CSC(=C(C)C)c1ccc(C(C)CCCCN(C)C/C=C/CC)cc1. The molecule has 1 aromatic carbocycles. The van der Waals surface area contributed by atoms with Gasteiger partial charge >= 0.3 is 0 Å². The van der Waals surface area contributed by atoms with E-state index >= 15 is 0 Å². The number of hydrogen-bond donors (Lipinski definition) is 0. The predicted molar refractivity (Wildman–Crippen MR) is 122 cm³/mol. The number of rotatable bonds is 12. The lowest BCUT2D eigenvalue weighted by atomic mass is 9.94. The second-order valence-corrected chi connectivity index (χ2v) is 8.25. The van der Waals surface area contributed by atoms with Crippen LogP contribution in [-0.2, 0) is 0 Å². The molecule has 0 amide bonds. The first-order chi connectivity index (χ1) is 12.5. The highest BCUT2D eigenvalue weighted by molar-refractivity contribution is 8.10. The van der Waals surface area contributed by atoms with E-state index < -0.39 is 0 Å². The van der Waals surface area contributed by atoms with Gasteiger partial charge in [-0.2, -0.15) is 0 Å². The quantitative estimate of drug-likeness (QED) is 0.276. The van der Waals surface area contributed by atoms with E-state index in [1.165, 1.54) is 47.4 Å². The Balaban J connectivity index is 2.46. The molecule has 0 aliphatic rings. The fourth-order valence-electron chi connectivity index (χ4n) is 3.03. The van der Waals surface area contributed by atoms with E-state index in [1.807, 2.05) is 5.41 Å². The number of unbranched alkanes of at least 4 members (excludes halogenated alkanes) is 1. The third-order valence-corrected chi connectivity index (χ3v) is 5.69. The Morgan fingerprint density at radius 3 is 2.42 bits per heavy atom. The fourth-order valence-corrected chi connectivity index (χ4v) is 3.71. The minimum absolute atomic E-state index is 0.622. The molecule has 2 heteroatoms. The summed E-state index contributed by atoms with van der Waals surface area (Å²) in [7, 11) is 2.21. The zero-order valence-corrected chi connectivity index (χ0v) is 18.2. The summed E-state index contributed by atoms with van der Waals surface area (Å²) < 4.78 is 0. The maximum Gasteiger partial charge on any atom is 0.0175 e. The Morgan fingerprint density at radius 2 is 1.85 bits per heavy atom. The van der Waals surface area contributed by atoms with E-state index in [0.29, 0.717) is 5.92 Å². The van der Waals surface area contributed by atoms with Crippen molar-refractivity contribution in [1.29, 1.82) is 0 Å². The van der Waals surface area contributed by atoms with Crippen molar-refractivity contribution in [2.45, 2.75) is 59.3 Å². The molecular formula is C24H37NS. The Kier molecular flexibility index (Phi) is 11.4. The van der Waals surface area contributed by atoms with Gasteiger partial charge in [-0.1, -0.05) is 80.6 Å². The normalized spacial score (nSPS) is 12.5. The van der Waals surface area contributed by atoms with Gasteiger partial charge in [-0.05, 0) is 69.2 Å². The Labute approximate surface area is 166 Å². The molecule has 0 aliphatic carbocycles. The fraction of sp³-hybridized carbons (Fsp3) is 0.500. The Bertz CT molecular complexity index is 579. The van der Waals surface area contributed by atoms with Crippen LogP contribution in [0.1, 0.15) is 70.4 Å². The van der Waals surface area contributed by atoms with Crippen molar-refractivity contribution in [2.24, 2.45) is 0 Å². The lowest BCUT2D eigenvalue weighted by molar-refractivity contribution is 0.355. The molecule has 0 saturated carbocycles. The second-order valence-electron chi connectivity index (χ2n) is 7.27. The van der Waals surface area contributed by atoms with Crippen LogP contribution in [0.15, 0.2) is 54.0 Å². The molecule has 0 saturated heterocycles. The average Bonchev–Trinajstić information content (AvgIpc) is 2.63. The van der Waals surface area contributed by atoms with Crippen LogP contribution < -0.4 is 0 Å². The summed E-state index contributed by atoms with van der Waals surface area (Å²) in [5, 5.41) is 1.91. The minimum atomic E-state index is 0.622. The first-order valence-corrected chi connectivity index (χ1v) is 10.8. The van der Waals surface area contributed by atoms with Gasteiger partial charge in [0.15, 0.2) is 0 Å². The van der Waals surface area contributed by atoms with Crippen molar-refractivity contribution in [3.63, 3.8) is 0 Å². The van der Waals surface area contributed by atoms with Crippen molar-refractivity contribution in [2.75, 3.05) is 20.1 Å². The third-order valence-electron chi connectivity index (χ3n) is 4.64. The van der Waals surface area contributed by atoms with E-state index in [2.05, 4.69) is 82.6 Å². The van der Waals surface area contributed by atoms with Crippen molar-refractivity contribution in [1.82, 2.24) is 4.90 Å². The summed E-state index contributed by atoms with van der Waals surface area (Å²) in [6.45, 7) is 15.0. The average molecular weight is 372 g/mol. The molecular weight excluding hydrogens is 334 g/mol. The highest BCUT2D eigenvalue weighted by Gasteiger charge is 2.08. The molecule has 144 valence electrons. The highest BCUT2D eigenvalue weighted by Crippen LogP contribution is 2.32. The van der Waals surface area contributed by atoms with Gasteiger partial charge in [0.25, 0.3) is 0 Å². The zero-order chi connectivity index (χ0) is 19.4. The van der Waals surface area contributed by atoms with Gasteiger partial charge < -0.3 is 4.90 Å². The van der Waals surface area contributed by atoms with Gasteiger partial charge in [-0.15, -0.1) is 0 Å². The summed E-state index contributed by atoms with van der Waals surface area (Å²) in [5.41, 5.74) is 4.09. The number of nitrogens with zero attached hydrogens (tertiary/aromatic N) is 1. The third kappa shape index (κ3) is 8.42. The summed E-state index contributed by atoms with van der Waals surface area (Å²) >= 11 is 1.71. The Morgan fingerprint density at radius 1 is 1.15 bits per heavy atom. The van der Waals surface area contributed by atoms with Gasteiger partial charge in [0.2, 0.25) is 0 Å². The largest absolute Gasteiger partial charge is 0.303 e. The molecule has 1 nitrogen and oxygen atoms in total. The molecule has 1 atom stereocenters. The molecule has 0 aromatic heterocycles. The van der Waals surface area contributed by atoms with Crippen LogP contribution in [0.25, 0.3) is 4.91 Å². The lowest BCUT2D eigenvalue weighted by Crippen LogP contribution is -2.19. The van der Waals surface area contributed by atoms with Gasteiger partial charge in [-0.3, -0.25) is 0 Å². The molecule has 0 N–H and O–H groups in total. The zero-order valence-electron chi connectivity index (χ0n) is 17.4. The number of likely N-dealkylation sites (N-methyl/N-ethyl adjacent to an activating group) is 1. The van der Waals surface area contributed by atoms with E-state index in [0.717, 1.165) is 13.0 Å². The van der Waals surface area contributed by atoms with Crippen LogP contribution in [0.5, 0.6) is 0 Å². The molecule has 0 fully saturated rings. The summed E-state index contributed by atoms with van der Waals surface area (Å²) in [6, 6.07) is 9.12. The van der Waals surface area contributed by atoms with Crippen LogP contribution in [0, 0.1) is 0 Å². The van der Waals surface area contributed by atoms with Crippen molar-refractivity contribution in [3.05, 3.63) is 65.1 Å². The maximum atomic E-state index is 3.85. The summed E-state index contributed by atoms with van der Waals surface area (Å²) in [6.07, 6.45) is 9.47. The van der Waals surface area contributed by atoms with Crippen molar-refractivity contribution >= 4 is 16.7 Å². The summed E-state index contributed by atoms with van der Waals surface area (Å²) in [4.78, 5) is 3.73. The number of allylic oxidation sites excluding steroid dienone is 2. The van der Waals surface area contributed by atoms with Crippen molar-refractivity contribution in [3.8, 4) is 0 Å². The molecule has 0 radical (unpaired) electrons. The first kappa shape index (κ1) is 22.8. The van der Waals surface area contributed by atoms with Crippen molar-refractivity contribution < 1.29 is 0 Å². The standard InChI is InChI=1S/C24H37NS/c1-7-9-11-18-25(6)19-12-10-13-21(5)22-14-16-23(17-15-22)24(20(3)4)26-8-2/h8-9,11,14-17,21H,2,7,10,12-13,18-19H2,1,3-6H3/b11-9+. The molecule has 0 aliphatic heterocycles. The van der Waals surface area contributed by atoms with Crippen LogP contribution in [0.2, 0.25) is 0 Å². The van der Waals surface area contributed by atoms with Crippen LogP contribution >= 0.6 is 11.8 Å². The number of benzene rings is 1. The van der Waals surface area contributed by atoms with Gasteiger partial charge in [-0.25, -0.2) is 0 Å². The summed E-state index contributed by atoms with van der Waals surface area (Å²) in [5.74, 6) is 0.622. The van der Waals surface area contributed by atoms with E-state index in [9.17, 15) is 0 Å². The number of thioether (sulfide) groups is 1. The molecule has 0 spiro atoms. The van der Waals surface area contributed by atoms with E-state index in [1.54, 1.807) is 11.8 Å². The highest BCUT2D eigenvalue weighted by atomic mass is 32.2. The minimum Gasteiger partial charge on any atom is -0.303 e. The van der Waals surface area contributed by atoms with E-state index in [4.69, 9.17) is 0 Å². The van der Waals surface area contributed by atoms with Crippen LogP contribution in [0.4, 0.5) is 0 Å². The topological polar surface area (TPSA) is 3.24 Å². The Hall–Kier alpha value is -1.25. The van der Waals surface area contributed by atoms with Gasteiger partial charge in [0.05, 0.1) is 0 Å². The van der Waals surface area contributed by atoms with Crippen LogP contribution in [0.3, 0.4) is 0 Å². The van der Waals surface area contributed by atoms with Crippen LogP contribution in [-0.4, -0.2) is 25.0 Å². The van der Waals surface area contributed by atoms with Gasteiger partial charge in [0, 0.05) is 11.4 Å². The first-order valence-electron chi connectivity index (χ1n) is 9.88. The molecule has 1 unspecified atom stereocenters. The molecule has 1 aromatic rings. The molecule has 0 heterocycles. The molecule has 1 rings (SSSR count). The molecule has 0 bridgehead atoms. The monoisotopic (exact) mass is 371 g/mol.